The van der Waals surface area contributed by atoms with Gasteiger partial charge in [0.25, 0.3) is 5.91 Å². The van der Waals surface area contributed by atoms with Crippen LogP contribution in [0.4, 0.5) is 5.69 Å². The molecule has 2 N–H and O–H groups in total. The molecule has 0 aliphatic carbocycles. The van der Waals surface area contributed by atoms with Gasteiger partial charge in [-0.05, 0) is 24.3 Å². The van der Waals surface area contributed by atoms with E-state index in [2.05, 4.69) is 42.4 Å². The minimum atomic E-state index is -0.711. The fourth-order valence-corrected chi connectivity index (χ4v) is 2.56. The quantitative estimate of drug-likeness (QED) is 0.428. The minimum absolute atomic E-state index is 0.0978. The number of halogens is 2. The number of hydrogen-bond acceptors (Lipinski definition) is 5. The maximum Gasteiger partial charge on any atom is 0.312 e. The van der Waals surface area contributed by atoms with E-state index >= 15 is 0 Å². The smallest absolute Gasteiger partial charge is 0.312 e. The number of aromatic hydroxyl groups is 1. The van der Waals surface area contributed by atoms with Crippen LogP contribution in [0.25, 0.3) is 0 Å². The number of hydrogen-bond donors (Lipinski definition) is 2. The summed E-state index contributed by atoms with van der Waals surface area (Å²) in [5.41, 5.74) is 2.31. The SMILES string of the molecule is O=C(N/N=C\c1cc(Br)cc([N+](=O)[O-])c1O)c1cccc(Br)c1. The van der Waals surface area contributed by atoms with Gasteiger partial charge >= 0.3 is 5.69 Å². The summed E-state index contributed by atoms with van der Waals surface area (Å²) in [4.78, 5) is 22.0. The Balaban J connectivity index is 2.18. The van der Waals surface area contributed by atoms with Crippen LogP contribution in [0.5, 0.6) is 5.75 Å². The zero-order valence-corrected chi connectivity index (χ0v) is 14.5. The third-order valence-corrected chi connectivity index (χ3v) is 3.69. The number of nitrogens with one attached hydrogen (secondary N) is 1. The van der Waals surface area contributed by atoms with Crippen molar-refractivity contribution in [3.63, 3.8) is 0 Å². The number of carbonyl (C=O) groups is 1. The normalized spacial score (nSPS) is 10.7. The average Bonchev–Trinajstić information content (AvgIpc) is 2.49. The fraction of sp³-hybridized carbons (Fsp3) is 0. The Labute approximate surface area is 147 Å². The molecule has 0 unspecified atom stereocenters. The summed E-state index contributed by atoms with van der Waals surface area (Å²) < 4.78 is 1.15. The lowest BCUT2D eigenvalue weighted by atomic mass is 10.2. The van der Waals surface area contributed by atoms with E-state index in [1.165, 1.54) is 12.1 Å². The molecule has 0 aromatic heterocycles. The average molecular weight is 443 g/mol. The molecule has 0 fully saturated rings. The molecule has 2 rings (SSSR count). The number of nitro groups is 1. The van der Waals surface area contributed by atoms with Gasteiger partial charge in [0.2, 0.25) is 5.75 Å². The van der Waals surface area contributed by atoms with Gasteiger partial charge in [0.1, 0.15) is 0 Å². The summed E-state index contributed by atoms with van der Waals surface area (Å²) in [6.07, 6.45) is 1.13. The first kappa shape index (κ1) is 17.1. The molecule has 0 bridgehead atoms. The summed E-state index contributed by atoms with van der Waals surface area (Å²) in [5.74, 6) is -0.981. The van der Waals surface area contributed by atoms with E-state index in [0.717, 1.165) is 10.7 Å². The van der Waals surface area contributed by atoms with Crippen molar-refractivity contribution in [3.05, 3.63) is 66.6 Å². The molecule has 23 heavy (non-hydrogen) atoms. The standard InChI is InChI=1S/C14H9Br2N3O4/c15-10-3-1-2-8(4-10)14(21)18-17-7-9-5-11(16)6-12(13(9)20)19(22)23/h1-7,20H,(H,18,21)/b17-7-. The first-order chi connectivity index (χ1) is 10.9. The van der Waals surface area contributed by atoms with Crippen molar-refractivity contribution in [2.24, 2.45) is 5.10 Å². The number of carbonyl (C=O) groups excluding carboxylic acids is 1. The van der Waals surface area contributed by atoms with E-state index < -0.39 is 22.3 Å². The van der Waals surface area contributed by atoms with Crippen molar-refractivity contribution in [1.29, 1.82) is 0 Å². The van der Waals surface area contributed by atoms with Gasteiger partial charge in [-0.25, -0.2) is 5.43 Å². The fourth-order valence-electron chi connectivity index (χ4n) is 1.70. The van der Waals surface area contributed by atoms with E-state index in [0.29, 0.717) is 10.0 Å². The molecule has 0 atom stereocenters. The topological polar surface area (TPSA) is 105 Å². The number of phenolic OH excluding ortho intramolecular Hbond substituents is 1. The molecule has 0 heterocycles. The summed E-state index contributed by atoms with van der Waals surface area (Å²) >= 11 is 6.37. The van der Waals surface area contributed by atoms with Crippen molar-refractivity contribution in [3.8, 4) is 5.75 Å². The van der Waals surface area contributed by atoms with Crippen molar-refractivity contribution in [2.45, 2.75) is 0 Å². The highest BCUT2D eigenvalue weighted by molar-refractivity contribution is 9.10. The number of nitro benzene ring substituents is 1. The summed E-state index contributed by atoms with van der Waals surface area (Å²) in [7, 11) is 0. The van der Waals surface area contributed by atoms with E-state index in [4.69, 9.17) is 0 Å². The third-order valence-electron chi connectivity index (χ3n) is 2.74. The Bertz CT molecular complexity index is 809. The maximum absolute atomic E-state index is 11.9. The van der Waals surface area contributed by atoms with Crippen molar-refractivity contribution < 1.29 is 14.8 Å². The number of benzene rings is 2. The van der Waals surface area contributed by atoms with Crippen LogP contribution < -0.4 is 5.43 Å². The number of nitrogens with zero attached hydrogens (tertiary/aromatic N) is 2. The molecule has 0 spiro atoms. The lowest BCUT2D eigenvalue weighted by molar-refractivity contribution is -0.385. The molecule has 0 radical (unpaired) electrons. The minimum Gasteiger partial charge on any atom is -0.502 e. The Morgan fingerprint density at radius 1 is 1.26 bits per heavy atom. The van der Waals surface area contributed by atoms with Gasteiger partial charge in [-0.2, -0.15) is 5.10 Å². The predicted octanol–water partition coefficient (Wildman–Crippen LogP) is 3.59. The second kappa shape index (κ2) is 7.34. The molecule has 2 aromatic carbocycles. The molecule has 1 amide bonds. The molecule has 7 nitrogen and oxygen atoms in total. The molecule has 2 aromatic rings. The first-order valence-electron chi connectivity index (χ1n) is 6.14. The van der Waals surface area contributed by atoms with Gasteiger partial charge in [-0.1, -0.05) is 37.9 Å². The second-order valence-corrected chi connectivity index (χ2v) is 6.16. The van der Waals surface area contributed by atoms with Gasteiger partial charge in [-0.3, -0.25) is 14.9 Å². The Morgan fingerprint density at radius 2 is 2.00 bits per heavy atom. The Kier molecular flexibility index (Phi) is 5.45. The summed E-state index contributed by atoms with van der Waals surface area (Å²) in [5, 5.41) is 24.4. The Morgan fingerprint density at radius 3 is 2.65 bits per heavy atom. The number of phenols is 1. The Hall–Kier alpha value is -2.26. The van der Waals surface area contributed by atoms with Gasteiger partial charge in [0.05, 0.1) is 11.1 Å². The lowest BCUT2D eigenvalue weighted by Crippen LogP contribution is -2.17. The summed E-state index contributed by atoms with van der Waals surface area (Å²) in [6.45, 7) is 0. The van der Waals surface area contributed by atoms with E-state index in [1.54, 1.807) is 24.3 Å². The molecule has 0 saturated heterocycles. The third kappa shape index (κ3) is 4.36. The predicted molar refractivity (Wildman–Crippen MR) is 91.7 cm³/mol. The molecule has 118 valence electrons. The summed E-state index contributed by atoms with van der Waals surface area (Å²) in [6, 6.07) is 9.32. The van der Waals surface area contributed by atoms with Crippen LogP contribution in [0.2, 0.25) is 0 Å². The van der Waals surface area contributed by atoms with Crippen LogP contribution >= 0.6 is 31.9 Å². The number of hydrazone groups is 1. The molecule has 0 saturated carbocycles. The van der Waals surface area contributed by atoms with Gasteiger partial charge in [-0.15, -0.1) is 0 Å². The van der Waals surface area contributed by atoms with Crippen LogP contribution in [-0.4, -0.2) is 22.2 Å². The molecule has 0 aliphatic rings. The monoisotopic (exact) mass is 441 g/mol. The lowest BCUT2D eigenvalue weighted by Gasteiger charge is -2.02. The van der Waals surface area contributed by atoms with Crippen molar-refractivity contribution >= 4 is 49.7 Å². The highest BCUT2D eigenvalue weighted by Crippen LogP contribution is 2.32. The van der Waals surface area contributed by atoms with Gasteiger partial charge < -0.3 is 5.11 Å². The molecular formula is C14H9Br2N3O4. The van der Waals surface area contributed by atoms with E-state index in [9.17, 15) is 20.0 Å². The van der Waals surface area contributed by atoms with Crippen LogP contribution in [-0.2, 0) is 0 Å². The van der Waals surface area contributed by atoms with Crippen molar-refractivity contribution in [1.82, 2.24) is 5.43 Å². The first-order valence-corrected chi connectivity index (χ1v) is 7.73. The van der Waals surface area contributed by atoms with Crippen LogP contribution in [0.1, 0.15) is 15.9 Å². The number of rotatable bonds is 4. The van der Waals surface area contributed by atoms with Crippen LogP contribution in [0.3, 0.4) is 0 Å². The van der Waals surface area contributed by atoms with Crippen molar-refractivity contribution in [2.75, 3.05) is 0 Å². The van der Waals surface area contributed by atoms with Crippen LogP contribution in [0, 0.1) is 10.1 Å². The molecule has 9 heteroatoms. The van der Waals surface area contributed by atoms with Crippen LogP contribution in [0.15, 0.2) is 50.4 Å². The van der Waals surface area contributed by atoms with E-state index in [1.807, 2.05) is 0 Å². The highest BCUT2D eigenvalue weighted by atomic mass is 79.9. The zero-order valence-electron chi connectivity index (χ0n) is 11.4. The largest absolute Gasteiger partial charge is 0.502 e. The zero-order chi connectivity index (χ0) is 17.0. The number of amides is 1. The van der Waals surface area contributed by atoms with E-state index in [-0.39, 0.29) is 5.56 Å². The molecule has 0 aliphatic heterocycles. The van der Waals surface area contributed by atoms with Gasteiger partial charge in [0.15, 0.2) is 0 Å². The van der Waals surface area contributed by atoms with Gasteiger partial charge in [0, 0.05) is 26.1 Å². The highest BCUT2D eigenvalue weighted by Gasteiger charge is 2.17. The maximum atomic E-state index is 11.9. The molecular weight excluding hydrogens is 434 g/mol. The second-order valence-electron chi connectivity index (χ2n) is 4.33.